The Hall–Kier alpha value is -1.89. The summed E-state index contributed by atoms with van der Waals surface area (Å²) in [7, 11) is 1.37. The number of esters is 1. The third-order valence-electron chi connectivity index (χ3n) is 3.06. The molecule has 7 heteroatoms. The molecule has 0 fully saturated rings. The summed E-state index contributed by atoms with van der Waals surface area (Å²) in [6.07, 6.45) is 0. The average Bonchev–Trinajstić information content (AvgIpc) is 2.94. The first-order valence-electron chi connectivity index (χ1n) is 6.66. The summed E-state index contributed by atoms with van der Waals surface area (Å²) < 4.78 is 6.33. The largest absolute Gasteiger partial charge is 0.468 e. The molecule has 1 atom stereocenters. The predicted octanol–water partition coefficient (Wildman–Crippen LogP) is 2.44. The fourth-order valence-electron chi connectivity index (χ4n) is 1.79. The number of ether oxygens (including phenoxy) is 1. The second-order valence-electron chi connectivity index (χ2n) is 4.90. The molecular weight excluding hydrogens is 288 g/mol. The van der Waals surface area contributed by atoms with Crippen LogP contribution in [0.1, 0.15) is 32.3 Å². The van der Waals surface area contributed by atoms with Crippen LogP contribution < -0.4 is 0 Å². The van der Waals surface area contributed by atoms with E-state index in [1.54, 1.807) is 11.6 Å². The van der Waals surface area contributed by atoms with Crippen LogP contribution in [0.25, 0.3) is 5.69 Å². The van der Waals surface area contributed by atoms with E-state index in [4.69, 9.17) is 4.74 Å². The molecule has 0 amide bonds. The Bertz CT molecular complexity index is 610. The normalized spacial score (nSPS) is 12.4. The van der Waals surface area contributed by atoms with Crippen LogP contribution in [-0.4, -0.2) is 38.5 Å². The number of rotatable bonds is 5. The van der Waals surface area contributed by atoms with E-state index in [0.717, 1.165) is 5.69 Å². The molecule has 0 aliphatic carbocycles. The number of nitrogens with zero attached hydrogens (tertiary/aromatic N) is 4. The molecule has 1 heterocycles. The van der Waals surface area contributed by atoms with Crippen molar-refractivity contribution in [2.45, 2.75) is 37.1 Å². The summed E-state index contributed by atoms with van der Waals surface area (Å²) in [6.45, 7) is 6.05. The highest BCUT2D eigenvalue weighted by Crippen LogP contribution is 2.24. The highest BCUT2D eigenvalue weighted by molar-refractivity contribution is 8.00. The van der Waals surface area contributed by atoms with Gasteiger partial charge < -0.3 is 4.74 Å². The number of thioether (sulfide) groups is 1. The van der Waals surface area contributed by atoms with Crippen molar-refractivity contribution in [3.63, 3.8) is 0 Å². The number of aromatic nitrogens is 4. The van der Waals surface area contributed by atoms with Gasteiger partial charge in [0.2, 0.25) is 5.16 Å². The Labute approximate surface area is 127 Å². The smallest absolute Gasteiger partial charge is 0.318 e. The standard InChI is InChI=1S/C14H18N4O2S/c1-9(2)11-5-7-12(8-6-11)18-14(15-16-17-18)21-10(3)13(19)20-4/h5-10H,1-4H3. The van der Waals surface area contributed by atoms with E-state index in [0.29, 0.717) is 11.1 Å². The van der Waals surface area contributed by atoms with E-state index in [2.05, 4.69) is 41.5 Å². The number of carbonyl (C=O) groups is 1. The summed E-state index contributed by atoms with van der Waals surface area (Å²) in [5.74, 6) is 0.172. The van der Waals surface area contributed by atoms with E-state index in [1.807, 2.05) is 12.1 Å². The fourth-order valence-corrected chi connectivity index (χ4v) is 2.62. The lowest BCUT2D eigenvalue weighted by Crippen LogP contribution is -2.15. The first-order chi connectivity index (χ1) is 10.0. The van der Waals surface area contributed by atoms with Crippen molar-refractivity contribution in [2.75, 3.05) is 7.11 Å². The number of benzene rings is 1. The zero-order chi connectivity index (χ0) is 15.4. The fraction of sp³-hybridized carbons (Fsp3) is 0.429. The minimum atomic E-state index is -0.366. The third kappa shape index (κ3) is 3.60. The van der Waals surface area contributed by atoms with Gasteiger partial charge in [-0.3, -0.25) is 4.79 Å². The molecule has 0 saturated heterocycles. The van der Waals surface area contributed by atoms with Crippen LogP contribution in [0.3, 0.4) is 0 Å². The van der Waals surface area contributed by atoms with Crippen molar-refractivity contribution in [1.29, 1.82) is 0 Å². The van der Waals surface area contributed by atoms with E-state index in [-0.39, 0.29) is 11.2 Å². The van der Waals surface area contributed by atoms with Gasteiger partial charge in [-0.2, -0.15) is 4.68 Å². The van der Waals surface area contributed by atoms with Crippen molar-refractivity contribution in [3.8, 4) is 5.69 Å². The maximum Gasteiger partial charge on any atom is 0.318 e. The molecule has 1 aromatic carbocycles. The summed E-state index contributed by atoms with van der Waals surface area (Å²) >= 11 is 1.27. The summed E-state index contributed by atoms with van der Waals surface area (Å²) in [4.78, 5) is 11.5. The topological polar surface area (TPSA) is 69.9 Å². The molecule has 21 heavy (non-hydrogen) atoms. The molecule has 0 radical (unpaired) electrons. The first kappa shape index (κ1) is 15.5. The lowest BCUT2D eigenvalue weighted by molar-refractivity contribution is -0.139. The van der Waals surface area contributed by atoms with Gasteiger partial charge in [0.25, 0.3) is 0 Å². The number of tetrazole rings is 1. The summed E-state index contributed by atoms with van der Waals surface area (Å²) in [5, 5.41) is 11.8. The molecule has 0 bridgehead atoms. The molecular formula is C14H18N4O2S. The van der Waals surface area contributed by atoms with Crippen LogP contribution in [0.2, 0.25) is 0 Å². The van der Waals surface area contributed by atoms with Gasteiger partial charge >= 0.3 is 5.97 Å². The molecule has 6 nitrogen and oxygen atoms in total. The van der Waals surface area contributed by atoms with Crippen LogP contribution in [0.15, 0.2) is 29.4 Å². The van der Waals surface area contributed by atoms with Gasteiger partial charge in [-0.15, -0.1) is 5.10 Å². The van der Waals surface area contributed by atoms with Crippen LogP contribution in [0.5, 0.6) is 0 Å². The number of carbonyl (C=O) groups excluding carboxylic acids is 1. The third-order valence-corrected chi connectivity index (χ3v) is 4.07. The summed E-state index contributed by atoms with van der Waals surface area (Å²) in [5.41, 5.74) is 2.12. The Balaban J connectivity index is 2.21. The van der Waals surface area contributed by atoms with E-state index in [9.17, 15) is 4.79 Å². The highest BCUT2D eigenvalue weighted by atomic mass is 32.2. The Morgan fingerprint density at radius 3 is 2.48 bits per heavy atom. The van der Waals surface area contributed by atoms with E-state index >= 15 is 0 Å². The van der Waals surface area contributed by atoms with Gasteiger partial charge in [0.15, 0.2) is 0 Å². The molecule has 2 rings (SSSR count). The van der Waals surface area contributed by atoms with Crippen LogP contribution in [0, 0.1) is 0 Å². The lowest BCUT2D eigenvalue weighted by Gasteiger charge is -2.10. The van der Waals surface area contributed by atoms with Gasteiger partial charge in [-0.25, -0.2) is 0 Å². The summed E-state index contributed by atoms with van der Waals surface area (Å²) in [6, 6.07) is 8.05. The van der Waals surface area contributed by atoms with Crippen LogP contribution >= 0.6 is 11.8 Å². The molecule has 0 N–H and O–H groups in total. The average molecular weight is 306 g/mol. The molecule has 1 aromatic heterocycles. The molecule has 2 aromatic rings. The number of hydrogen-bond donors (Lipinski definition) is 0. The number of hydrogen-bond acceptors (Lipinski definition) is 6. The SMILES string of the molecule is COC(=O)C(C)Sc1nnnn1-c1ccc(C(C)C)cc1. The van der Waals surface area contributed by atoms with E-state index in [1.165, 1.54) is 24.4 Å². The maximum absolute atomic E-state index is 11.5. The van der Waals surface area contributed by atoms with Crippen LogP contribution in [-0.2, 0) is 9.53 Å². The quantitative estimate of drug-likeness (QED) is 0.624. The maximum atomic E-state index is 11.5. The van der Waals surface area contributed by atoms with E-state index < -0.39 is 0 Å². The first-order valence-corrected chi connectivity index (χ1v) is 7.54. The van der Waals surface area contributed by atoms with Crippen molar-refractivity contribution < 1.29 is 9.53 Å². The molecule has 0 spiro atoms. The minimum Gasteiger partial charge on any atom is -0.468 e. The van der Waals surface area contributed by atoms with Crippen LogP contribution in [0.4, 0.5) is 0 Å². The second kappa shape index (κ2) is 6.71. The Kier molecular flexibility index (Phi) is 4.95. The zero-order valence-electron chi connectivity index (χ0n) is 12.5. The minimum absolute atomic E-state index is 0.301. The lowest BCUT2D eigenvalue weighted by atomic mass is 10.0. The molecule has 0 aliphatic rings. The molecule has 0 saturated carbocycles. The molecule has 0 aliphatic heterocycles. The Morgan fingerprint density at radius 1 is 1.24 bits per heavy atom. The van der Waals surface area contributed by atoms with Gasteiger partial charge in [0.05, 0.1) is 12.8 Å². The van der Waals surface area contributed by atoms with Gasteiger partial charge in [0, 0.05) is 0 Å². The van der Waals surface area contributed by atoms with Gasteiger partial charge in [-0.05, 0) is 41.0 Å². The number of methoxy groups -OCH3 is 1. The van der Waals surface area contributed by atoms with Crippen molar-refractivity contribution in [3.05, 3.63) is 29.8 Å². The zero-order valence-corrected chi connectivity index (χ0v) is 13.3. The predicted molar refractivity (Wildman–Crippen MR) is 80.6 cm³/mol. The van der Waals surface area contributed by atoms with Crippen molar-refractivity contribution in [1.82, 2.24) is 20.2 Å². The Morgan fingerprint density at radius 2 is 1.90 bits per heavy atom. The van der Waals surface area contributed by atoms with Crippen molar-refractivity contribution >= 4 is 17.7 Å². The molecule has 112 valence electrons. The molecule has 1 unspecified atom stereocenters. The monoisotopic (exact) mass is 306 g/mol. The van der Waals surface area contributed by atoms with Gasteiger partial charge in [-0.1, -0.05) is 37.7 Å². The highest BCUT2D eigenvalue weighted by Gasteiger charge is 2.19. The van der Waals surface area contributed by atoms with Gasteiger partial charge in [0.1, 0.15) is 5.25 Å². The second-order valence-corrected chi connectivity index (χ2v) is 6.21. The van der Waals surface area contributed by atoms with Crippen molar-refractivity contribution in [2.24, 2.45) is 0 Å².